The largest absolute Gasteiger partial charge is 0.508 e. The Kier molecular flexibility index (Phi) is 2.81. The van der Waals surface area contributed by atoms with E-state index in [4.69, 9.17) is 0 Å². The van der Waals surface area contributed by atoms with Gasteiger partial charge in [-0.2, -0.15) is 0 Å². The molecule has 0 aliphatic rings. The van der Waals surface area contributed by atoms with Gasteiger partial charge in [0.2, 0.25) is 0 Å². The maximum absolute atomic E-state index is 11.4. The number of aromatic hydroxyl groups is 1. The van der Waals surface area contributed by atoms with Gasteiger partial charge >= 0.3 is 5.97 Å². The van der Waals surface area contributed by atoms with Crippen molar-refractivity contribution in [2.75, 3.05) is 0 Å². The molecule has 0 fully saturated rings. The van der Waals surface area contributed by atoms with Crippen LogP contribution in [0, 0.1) is 0 Å². The number of nitrogens with zero attached hydrogens (tertiary/aromatic N) is 1. The van der Waals surface area contributed by atoms with Crippen LogP contribution in [0.1, 0.15) is 26.3 Å². The zero-order chi connectivity index (χ0) is 13.5. The summed E-state index contributed by atoms with van der Waals surface area (Å²) in [5.74, 6) is -0.722. The summed E-state index contributed by atoms with van der Waals surface area (Å²) < 4.78 is 1.99. The summed E-state index contributed by atoms with van der Waals surface area (Å²) in [6, 6.07) is 5.06. The molecule has 0 amide bonds. The molecule has 0 saturated heterocycles. The third-order valence-corrected chi connectivity index (χ3v) is 3.41. The number of carboxylic acids is 1. The fourth-order valence-corrected chi connectivity index (χ4v) is 2.16. The lowest BCUT2D eigenvalue weighted by molar-refractivity contribution is -0.142. The average molecular weight is 247 g/mol. The van der Waals surface area contributed by atoms with E-state index in [0.29, 0.717) is 0 Å². The van der Waals surface area contributed by atoms with E-state index in [1.165, 1.54) is 0 Å². The van der Waals surface area contributed by atoms with Gasteiger partial charge in [0.15, 0.2) is 0 Å². The first-order valence-electron chi connectivity index (χ1n) is 5.93. The monoisotopic (exact) mass is 247 g/mol. The molecule has 2 rings (SSSR count). The topological polar surface area (TPSA) is 62.5 Å². The van der Waals surface area contributed by atoms with E-state index < -0.39 is 11.4 Å². The van der Waals surface area contributed by atoms with Crippen LogP contribution in [0.4, 0.5) is 0 Å². The van der Waals surface area contributed by atoms with Gasteiger partial charge in [0, 0.05) is 23.6 Å². The summed E-state index contributed by atoms with van der Waals surface area (Å²) in [6.07, 6.45) is 1.86. The summed E-state index contributed by atoms with van der Waals surface area (Å²) in [5.41, 5.74) is 0.689. The molecule has 1 aromatic heterocycles. The van der Waals surface area contributed by atoms with Crippen molar-refractivity contribution in [2.45, 2.75) is 32.7 Å². The van der Waals surface area contributed by atoms with Gasteiger partial charge in [-0.05, 0) is 44.5 Å². The van der Waals surface area contributed by atoms with E-state index in [9.17, 15) is 15.0 Å². The Balaban J connectivity index is 2.79. The molecule has 2 N–H and O–H groups in total. The van der Waals surface area contributed by atoms with Gasteiger partial charge in [-0.25, -0.2) is 0 Å². The van der Waals surface area contributed by atoms with E-state index in [1.807, 2.05) is 23.8 Å². The predicted octanol–water partition coefficient (Wildman–Crippen LogP) is 2.73. The first-order valence-corrected chi connectivity index (χ1v) is 5.93. The van der Waals surface area contributed by atoms with Gasteiger partial charge in [0.05, 0.1) is 5.41 Å². The van der Waals surface area contributed by atoms with E-state index in [-0.39, 0.29) is 5.75 Å². The van der Waals surface area contributed by atoms with Gasteiger partial charge in [0.1, 0.15) is 5.75 Å². The summed E-state index contributed by atoms with van der Waals surface area (Å²) in [5, 5.41) is 19.7. The van der Waals surface area contributed by atoms with E-state index in [0.717, 1.165) is 23.0 Å². The number of aromatic nitrogens is 1. The van der Waals surface area contributed by atoms with E-state index in [2.05, 4.69) is 0 Å². The van der Waals surface area contributed by atoms with Crippen LogP contribution in [-0.2, 0) is 16.8 Å². The molecular formula is C14H17NO3. The molecule has 18 heavy (non-hydrogen) atoms. The maximum atomic E-state index is 11.4. The average Bonchev–Trinajstić information content (AvgIpc) is 2.67. The van der Waals surface area contributed by atoms with Crippen LogP contribution in [0.2, 0.25) is 0 Å². The lowest BCUT2D eigenvalue weighted by Gasteiger charge is -2.18. The Bertz CT molecular complexity index is 611. The molecule has 1 aromatic carbocycles. The van der Waals surface area contributed by atoms with Crippen LogP contribution in [0.3, 0.4) is 0 Å². The molecule has 4 nitrogen and oxygen atoms in total. The molecule has 0 aliphatic carbocycles. The third-order valence-electron chi connectivity index (χ3n) is 3.41. The number of hydrogen-bond acceptors (Lipinski definition) is 2. The summed E-state index contributed by atoms with van der Waals surface area (Å²) in [7, 11) is 0. The number of benzene rings is 1. The fraction of sp³-hybridized carbons (Fsp3) is 0.357. The first-order chi connectivity index (χ1) is 8.37. The zero-order valence-electron chi connectivity index (χ0n) is 10.8. The zero-order valence-corrected chi connectivity index (χ0v) is 10.8. The minimum Gasteiger partial charge on any atom is -0.508 e. The fourth-order valence-electron chi connectivity index (χ4n) is 2.16. The summed E-state index contributed by atoms with van der Waals surface area (Å²) in [6.45, 7) is 6.11. The SMILES string of the molecule is CCn1cc(C(C)(C)C(=O)O)c2cc(O)ccc21. The van der Waals surface area contributed by atoms with Crippen LogP contribution in [0.25, 0.3) is 10.9 Å². The number of carboxylic acid groups (broad SMARTS) is 1. The van der Waals surface area contributed by atoms with Crippen LogP contribution in [-0.4, -0.2) is 20.7 Å². The number of carbonyl (C=O) groups is 1. The maximum Gasteiger partial charge on any atom is 0.313 e. The third kappa shape index (κ3) is 1.74. The minimum atomic E-state index is -0.980. The second-order valence-electron chi connectivity index (χ2n) is 4.96. The van der Waals surface area contributed by atoms with Crippen LogP contribution in [0.15, 0.2) is 24.4 Å². The molecule has 4 heteroatoms. The number of rotatable bonds is 3. The van der Waals surface area contributed by atoms with Crippen molar-refractivity contribution in [1.82, 2.24) is 4.57 Å². The Labute approximate surface area is 105 Å². The normalized spacial score (nSPS) is 11.9. The van der Waals surface area contributed by atoms with Gasteiger partial charge in [-0.1, -0.05) is 0 Å². The highest BCUT2D eigenvalue weighted by Crippen LogP contribution is 2.34. The Morgan fingerprint density at radius 1 is 1.39 bits per heavy atom. The Morgan fingerprint density at radius 3 is 2.61 bits per heavy atom. The molecule has 0 aliphatic heterocycles. The van der Waals surface area contributed by atoms with Gasteiger partial charge < -0.3 is 14.8 Å². The molecule has 96 valence electrons. The number of aryl methyl sites for hydroxylation is 1. The van der Waals surface area contributed by atoms with Crippen molar-refractivity contribution in [3.05, 3.63) is 30.0 Å². The smallest absolute Gasteiger partial charge is 0.313 e. The highest BCUT2D eigenvalue weighted by atomic mass is 16.4. The number of aliphatic carboxylic acids is 1. The van der Waals surface area contributed by atoms with Crippen LogP contribution in [0.5, 0.6) is 5.75 Å². The number of hydrogen-bond donors (Lipinski definition) is 2. The standard InChI is InChI=1S/C14H17NO3/c1-4-15-8-11(14(2,3)13(17)18)10-7-9(16)5-6-12(10)15/h5-8,16H,4H2,1-3H3,(H,17,18). The molecule has 0 atom stereocenters. The lowest BCUT2D eigenvalue weighted by Crippen LogP contribution is -2.28. The van der Waals surface area contributed by atoms with Crippen molar-refractivity contribution >= 4 is 16.9 Å². The molecular weight excluding hydrogens is 230 g/mol. The number of fused-ring (bicyclic) bond motifs is 1. The molecule has 0 saturated carbocycles. The molecule has 0 spiro atoms. The number of phenols is 1. The number of phenolic OH excluding ortho intramolecular Hbond substituents is 1. The van der Waals surface area contributed by atoms with Crippen molar-refractivity contribution in [2.24, 2.45) is 0 Å². The highest BCUT2D eigenvalue weighted by Gasteiger charge is 2.32. The van der Waals surface area contributed by atoms with Crippen molar-refractivity contribution in [3.8, 4) is 5.75 Å². The first kappa shape index (κ1) is 12.5. The summed E-state index contributed by atoms with van der Waals surface area (Å²) in [4.78, 5) is 11.4. The van der Waals surface area contributed by atoms with Gasteiger partial charge in [-0.3, -0.25) is 4.79 Å². The Hall–Kier alpha value is -1.97. The van der Waals surface area contributed by atoms with Crippen molar-refractivity contribution in [3.63, 3.8) is 0 Å². The predicted molar refractivity (Wildman–Crippen MR) is 69.9 cm³/mol. The lowest BCUT2D eigenvalue weighted by atomic mass is 9.84. The molecule has 0 bridgehead atoms. The second-order valence-corrected chi connectivity index (χ2v) is 4.96. The van der Waals surface area contributed by atoms with Crippen LogP contribution < -0.4 is 0 Å². The van der Waals surface area contributed by atoms with E-state index >= 15 is 0 Å². The quantitative estimate of drug-likeness (QED) is 0.876. The second kappa shape index (κ2) is 4.05. The Morgan fingerprint density at radius 2 is 2.06 bits per heavy atom. The van der Waals surface area contributed by atoms with Crippen molar-refractivity contribution in [1.29, 1.82) is 0 Å². The minimum absolute atomic E-state index is 0.152. The van der Waals surface area contributed by atoms with E-state index in [1.54, 1.807) is 26.0 Å². The van der Waals surface area contributed by atoms with Gasteiger partial charge in [0.25, 0.3) is 0 Å². The van der Waals surface area contributed by atoms with Gasteiger partial charge in [-0.15, -0.1) is 0 Å². The highest BCUT2D eigenvalue weighted by molar-refractivity contribution is 5.92. The van der Waals surface area contributed by atoms with Crippen LogP contribution >= 0.6 is 0 Å². The molecule has 1 heterocycles. The molecule has 2 aromatic rings. The molecule has 0 radical (unpaired) electrons. The molecule has 0 unspecified atom stereocenters. The summed E-state index contributed by atoms with van der Waals surface area (Å²) >= 11 is 0. The van der Waals surface area contributed by atoms with Crippen molar-refractivity contribution < 1.29 is 15.0 Å².